The van der Waals surface area contributed by atoms with E-state index in [0.29, 0.717) is 12.2 Å². The number of carbonyl (C=O) groups is 1. The molecule has 0 aliphatic rings. The van der Waals surface area contributed by atoms with Crippen molar-refractivity contribution in [1.82, 2.24) is 20.6 Å². The van der Waals surface area contributed by atoms with E-state index in [-0.39, 0.29) is 5.91 Å². The Morgan fingerprint density at radius 3 is 2.58 bits per heavy atom. The van der Waals surface area contributed by atoms with Gasteiger partial charge in [0, 0.05) is 5.69 Å². The van der Waals surface area contributed by atoms with Crippen LogP contribution in [-0.2, 0) is 17.6 Å². The molecular weight excluding hydrogens is 330 g/mol. The zero-order valence-corrected chi connectivity index (χ0v) is 14.8. The molecule has 0 unspecified atom stereocenters. The highest BCUT2D eigenvalue weighted by Gasteiger charge is 2.27. The first-order valence-corrected chi connectivity index (χ1v) is 8.47. The zero-order chi connectivity index (χ0) is 18.4. The van der Waals surface area contributed by atoms with Crippen LogP contribution >= 0.6 is 0 Å². The maximum atomic E-state index is 13.0. The first-order chi connectivity index (χ1) is 12.7. The van der Waals surface area contributed by atoms with E-state index in [9.17, 15) is 4.79 Å². The summed E-state index contributed by atoms with van der Waals surface area (Å²) in [6, 6.07) is 15.4. The minimum atomic E-state index is -0.588. The van der Waals surface area contributed by atoms with E-state index in [4.69, 9.17) is 4.74 Å². The lowest BCUT2D eigenvalue weighted by atomic mass is 9.96. The Bertz CT molecular complexity index is 864. The number of H-pyrrole nitrogens is 1. The van der Waals surface area contributed by atoms with Crippen LogP contribution in [0.2, 0.25) is 0 Å². The number of aromatic nitrogens is 4. The third kappa shape index (κ3) is 3.88. The number of hydrogen-bond donors (Lipinski definition) is 2. The molecule has 0 fully saturated rings. The Kier molecular flexibility index (Phi) is 5.58. The molecule has 0 spiro atoms. The molecular formula is C19H21N5O2. The van der Waals surface area contributed by atoms with Crippen LogP contribution in [0.5, 0.6) is 5.75 Å². The van der Waals surface area contributed by atoms with Gasteiger partial charge in [-0.15, -0.1) is 10.2 Å². The van der Waals surface area contributed by atoms with Gasteiger partial charge in [-0.3, -0.25) is 4.79 Å². The Hall–Kier alpha value is -3.22. The van der Waals surface area contributed by atoms with Crippen molar-refractivity contribution in [2.24, 2.45) is 0 Å². The lowest BCUT2D eigenvalue weighted by molar-refractivity contribution is -0.117. The van der Waals surface area contributed by atoms with Crippen molar-refractivity contribution in [2.45, 2.75) is 25.7 Å². The van der Waals surface area contributed by atoms with Crippen LogP contribution in [-0.4, -0.2) is 33.6 Å². The van der Waals surface area contributed by atoms with Crippen molar-refractivity contribution < 1.29 is 9.53 Å². The number of ether oxygens (including phenoxy) is 1. The minimum absolute atomic E-state index is 0.182. The quantitative estimate of drug-likeness (QED) is 0.683. The average molecular weight is 351 g/mol. The van der Waals surface area contributed by atoms with Crippen molar-refractivity contribution in [3.8, 4) is 5.75 Å². The summed E-state index contributed by atoms with van der Waals surface area (Å²) in [5.41, 5.74) is 2.78. The predicted molar refractivity (Wildman–Crippen MR) is 98.1 cm³/mol. The van der Waals surface area contributed by atoms with E-state index in [0.717, 1.165) is 29.0 Å². The second kappa shape index (κ2) is 8.24. The lowest BCUT2D eigenvalue weighted by Crippen LogP contribution is -2.25. The predicted octanol–water partition coefficient (Wildman–Crippen LogP) is 2.74. The normalized spacial score (nSPS) is 11.8. The highest BCUT2D eigenvalue weighted by molar-refractivity contribution is 5.96. The smallest absolute Gasteiger partial charge is 0.235 e. The fourth-order valence-corrected chi connectivity index (χ4v) is 2.88. The van der Waals surface area contributed by atoms with E-state index >= 15 is 0 Å². The number of nitrogens with one attached hydrogen (secondary N) is 2. The first-order valence-electron chi connectivity index (χ1n) is 8.47. The summed E-state index contributed by atoms with van der Waals surface area (Å²) >= 11 is 0. The van der Waals surface area contributed by atoms with Crippen LogP contribution in [0, 0.1) is 0 Å². The van der Waals surface area contributed by atoms with Crippen molar-refractivity contribution >= 4 is 11.6 Å². The molecule has 3 rings (SSSR count). The summed E-state index contributed by atoms with van der Waals surface area (Å²) < 4.78 is 5.40. The molecule has 0 aliphatic heterocycles. The monoisotopic (exact) mass is 351 g/mol. The highest BCUT2D eigenvalue weighted by atomic mass is 16.5. The van der Waals surface area contributed by atoms with Crippen molar-refractivity contribution in [3.63, 3.8) is 0 Å². The summed E-state index contributed by atoms with van der Waals surface area (Å²) in [7, 11) is 1.61. The van der Waals surface area contributed by atoms with Crippen LogP contribution in [0.4, 0.5) is 5.69 Å². The van der Waals surface area contributed by atoms with Crippen LogP contribution < -0.4 is 10.1 Å². The number of methoxy groups -OCH3 is 1. The van der Waals surface area contributed by atoms with E-state index in [1.165, 1.54) is 0 Å². The Morgan fingerprint density at radius 2 is 1.88 bits per heavy atom. The van der Waals surface area contributed by atoms with Crippen LogP contribution in [0.3, 0.4) is 0 Å². The number of aryl methyl sites for hydroxylation is 1. The van der Waals surface area contributed by atoms with Crippen molar-refractivity contribution in [1.29, 1.82) is 0 Å². The van der Waals surface area contributed by atoms with Gasteiger partial charge in [0.05, 0.1) is 7.11 Å². The van der Waals surface area contributed by atoms with Gasteiger partial charge in [-0.25, -0.2) is 0 Å². The second-order valence-corrected chi connectivity index (χ2v) is 5.84. The topological polar surface area (TPSA) is 92.8 Å². The summed E-state index contributed by atoms with van der Waals surface area (Å²) in [5.74, 6) is 0.304. The fraction of sp³-hybridized carbons (Fsp3) is 0.263. The number of hydrogen-bond acceptors (Lipinski definition) is 5. The molecule has 26 heavy (non-hydrogen) atoms. The molecule has 7 heteroatoms. The van der Waals surface area contributed by atoms with Gasteiger partial charge in [-0.05, 0) is 36.1 Å². The molecule has 0 aliphatic carbocycles. The van der Waals surface area contributed by atoms with E-state index in [1.807, 2.05) is 48.5 Å². The van der Waals surface area contributed by atoms with Gasteiger partial charge in [0.1, 0.15) is 11.7 Å². The molecule has 0 radical (unpaired) electrons. The lowest BCUT2D eigenvalue weighted by Gasteiger charge is -2.17. The van der Waals surface area contributed by atoms with Crippen LogP contribution in [0.15, 0.2) is 48.5 Å². The standard InChI is InChI=1S/C19H21N5O2/c1-3-13-8-4-6-10-16(13)20-19(25)15(18-21-23-24-22-18)12-14-9-5-7-11-17(14)26-2/h4-11,15H,3,12H2,1-2H3,(H,20,25)(H,21,22,23,24)/t15-/m1/s1. The number of aromatic amines is 1. The summed E-state index contributed by atoms with van der Waals surface area (Å²) in [6.45, 7) is 2.05. The number of benzene rings is 2. The number of carbonyl (C=O) groups excluding carboxylic acids is 1. The van der Waals surface area contributed by atoms with Gasteiger partial charge in [0.2, 0.25) is 5.91 Å². The molecule has 1 heterocycles. The summed E-state index contributed by atoms with van der Waals surface area (Å²) in [4.78, 5) is 13.0. The molecule has 1 amide bonds. The molecule has 1 aromatic heterocycles. The molecule has 2 aromatic carbocycles. The van der Waals surface area contributed by atoms with Gasteiger partial charge >= 0.3 is 0 Å². The van der Waals surface area contributed by atoms with Gasteiger partial charge < -0.3 is 10.1 Å². The molecule has 0 bridgehead atoms. The molecule has 1 atom stereocenters. The van der Waals surface area contributed by atoms with Crippen LogP contribution in [0.25, 0.3) is 0 Å². The van der Waals surface area contributed by atoms with Gasteiger partial charge in [0.15, 0.2) is 5.82 Å². The number of nitrogens with zero attached hydrogens (tertiary/aromatic N) is 3. The minimum Gasteiger partial charge on any atom is -0.496 e. The molecule has 0 saturated carbocycles. The summed E-state index contributed by atoms with van der Waals surface area (Å²) in [6.07, 6.45) is 1.24. The molecule has 7 nitrogen and oxygen atoms in total. The molecule has 0 saturated heterocycles. The third-order valence-electron chi connectivity index (χ3n) is 4.26. The van der Waals surface area contributed by atoms with E-state index in [1.54, 1.807) is 7.11 Å². The maximum Gasteiger partial charge on any atom is 0.235 e. The van der Waals surface area contributed by atoms with Crippen molar-refractivity contribution in [3.05, 3.63) is 65.5 Å². The molecule has 2 N–H and O–H groups in total. The fourth-order valence-electron chi connectivity index (χ4n) is 2.88. The first kappa shape index (κ1) is 17.6. The van der Waals surface area contributed by atoms with E-state index < -0.39 is 5.92 Å². The van der Waals surface area contributed by atoms with Crippen LogP contribution in [0.1, 0.15) is 29.8 Å². The third-order valence-corrected chi connectivity index (χ3v) is 4.26. The largest absolute Gasteiger partial charge is 0.496 e. The number of anilines is 1. The number of tetrazole rings is 1. The van der Waals surface area contributed by atoms with Gasteiger partial charge in [-0.2, -0.15) is 5.21 Å². The van der Waals surface area contributed by atoms with E-state index in [2.05, 4.69) is 32.9 Å². The number of para-hydroxylation sites is 2. The number of rotatable bonds is 7. The van der Waals surface area contributed by atoms with Crippen molar-refractivity contribution in [2.75, 3.05) is 12.4 Å². The Morgan fingerprint density at radius 1 is 1.15 bits per heavy atom. The SMILES string of the molecule is CCc1ccccc1NC(=O)[C@H](Cc1ccccc1OC)c1nn[nH]n1. The highest BCUT2D eigenvalue weighted by Crippen LogP contribution is 2.26. The zero-order valence-electron chi connectivity index (χ0n) is 14.8. The number of amides is 1. The Balaban J connectivity index is 1.88. The average Bonchev–Trinajstić information content (AvgIpc) is 3.21. The molecule has 134 valence electrons. The Labute approximate surface area is 151 Å². The maximum absolute atomic E-state index is 13.0. The van der Waals surface area contributed by atoms with Gasteiger partial charge in [-0.1, -0.05) is 48.5 Å². The summed E-state index contributed by atoms with van der Waals surface area (Å²) in [5, 5.41) is 17.1. The molecule has 3 aromatic rings. The second-order valence-electron chi connectivity index (χ2n) is 5.84. The van der Waals surface area contributed by atoms with Gasteiger partial charge in [0.25, 0.3) is 0 Å².